The summed E-state index contributed by atoms with van der Waals surface area (Å²) in [6.45, 7) is 2.45. The van der Waals surface area contributed by atoms with Crippen LogP contribution in [0, 0.1) is 11.3 Å². The van der Waals surface area contributed by atoms with Gasteiger partial charge in [0.15, 0.2) is 11.5 Å². The highest BCUT2D eigenvalue weighted by molar-refractivity contribution is 7.11. The van der Waals surface area contributed by atoms with Crippen LogP contribution >= 0.6 is 22.9 Å². The summed E-state index contributed by atoms with van der Waals surface area (Å²) >= 11 is 7.36. The first kappa shape index (κ1) is 19.0. The molecule has 0 radical (unpaired) electrons. The van der Waals surface area contributed by atoms with Crippen LogP contribution in [-0.4, -0.2) is 18.7 Å². The standard InChI is InChI=1S/C21H17ClN2O2S/c1-3-26-19-6-4-5-15(20(19)25-2)11-16(12-23)21-24-18(13-27-21)14-7-9-17(22)10-8-14/h4-11,13H,3H2,1-2H3/b16-11-. The van der Waals surface area contributed by atoms with Crippen LogP contribution < -0.4 is 9.47 Å². The molecule has 0 N–H and O–H groups in total. The van der Waals surface area contributed by atoms with E-state index in [1.165, 1.54) is 11.3 Å². The molecular weight excluding hydrogens is 380 g/mol. The lowest BCUT2D eigenvalue weighted by atomic mass is 10.1. The van der Waals surface area contributed by atoms with Crippen molar-refractivity contribution in [3.63, 3.8) is 0 Å². The zero-order chi connectivity index (χ0) is 19.2. The third-order valence-electron chi connectivity index (χ3n) is 3.81. The number of allylic oxidation sites excluding steroid dienone is 1. The number of methoxy groups -OCH3 is 1. The van der Waals surface area contributed by atoms with Crippen molar-refractivity contribution in [2.75, 3.05) is 13.7 Å². The van der Waals surface area contributed by atoms with Crippen LogP contribution in [0.3, 0.4) is 0 Å². The second-order valence-corrected chi connectivity index (χ2v) is 6.82. The average Bonchev–Trinajstić information content (AvgIpc) is 3.17. The molecule has 3 rings (SSSR count). The van der Waals surface area contributed by atoms with Crippen LogP contribution in [0.1, 0.15) is 17.5 Å². The van der Waals surface area contributed by atoms with Crippen molar-refractivity contribution in [2.24, 2.45) is 0 Å². The van der Waals surface area contributed by atoms with Gasteiger partial charge in [0, 0.05) is 21.5 Å². The van der Waals surface area contributed by atoms with E-state index in [4.69, 9.17) is 21.1 Å². The summed E-state index contributed by atoms with van der Waals surface area (Å²) in [6, 6.07) is 15.3. The maximum atomic E-state index is 9.65. The van der Waals surface area contributed by atoms with Gasteiger partial charge in [-0.3, -0.25) is 0 Å². The van der Waals surface area contributed by atoms with Gasteiger partial charge in [0.2, 0.25) is 0 Å². The number of nitrogens with zero attached hydrogens (tertiary/aromatic N) is 2. The molecular formula is C21H17ClN2O2S. The molecule has 0 unspecified atom stereocenters. The van der Waals surface area contributed by atoms with Gasteiger partial charge in [-0.1, -0.05) is 35.9 Å². The number of hydrogen-bond donors (Lipinski definition) is 0. The topological polar surface area (TPSA) is 55.1 Å². The first-order valence-corrected chi connectivity index (χ1v) is 9.55. The molecule has 0 aliphatic rings. The Morgan fingerprint density at radius 2 is 2.04 bits per heavy atom. The molecule has 4 nitrogen and oxygen atoms in total. The number of halogens is 1. The van der Waals surface area contributed by atoms with E-state index in [0.717, 1.165) is 16.8 Å². The fourth-order valence-electron chi connectivity index (χ4n) is 2.58. The van der Waals surface area contributed by atoms with Gasteiger partial charge in [-0.2, -0.15) is 5.26 Å². The van der Waals surface area contributed by atoms with Gasteiger partial charge in [0.25, 0.3) is 0 Å². The van der Waals surface area contributed by atoms with Crippen LogP contribution in [0.25, 0.3) is 22.9 Å². The van der Waals surface area contributed by atoms with Gasteiger partial charge >= 0.3 is 0 Å². The summed E-state index contributed by atoms with van der Waals surface area (Å²) in [5.74, 6) is 1.24. The predicted octanol–water partition coefficient (Wildman–Crippen LogP) is 5.93. The number of nitriles is 1. The smallest absolute Gasteiger partial charge is 0.167 e. The van der Waals surface area contributed by atoms with Crippen molar-refractivity contribution in [1.82, 2.24) is 4.98 Å². The number of para-hydroxylation sites is 1. The van der Waals surface area contributed by atoms with Gasteiger partial charge in [-0.15, -0.1) is 11.3 Å². The van der Waals surface area contributed by atoms with Crippen LogP contribution in [0.5, 0.6) is 11.5 Å². The maximum Gasteiger partial charge on any atom is 0.167 e. The Balaban J connectivity index is 1.98. The third-order valence-corrected chi connectivity index (χ3v) is 4.94. The molecule has 0 aliphatic heterocycles. The number of ether oxygens (including phenoxy) is 2. The Morgan fingerprint density at radius 1 is 1.26 bits per heavy atom. The number of benzene rings is 2. The summed E-state index contributed by atoms with van der Waals surface area (Å²) in [5.41, 5.74) is 2.99. The predicted molar refractivity (Wildman–Crippen MR) is 110 cm³/mol. The third kappa shape index (κ3) is 4.30. The highest BCUT2D eigenvalue weighted by Crippen LogP contribution is 2.34. The minimum atomic E-state index is 0.465. The second-order valence-electron chi connectivity index (χ2n) is 5.53. The van der Waals surface area contributed by atoms with E-state index in [2.05, 4.69) is 11.1 Å². The largest absolute Gasteiger partial charge is 0.492 e. The van der Waals surface area contributed by atoms with Gasteiger partial charge in [0.05, 0.1) is 25.0 Å². The Morgan fingerprint density at radius 3 is 2.70 bits per heavy atom. The lowest BCUT2D eigenvalue weighted by Crippen LogP contribution is -1.97. The molecule has 136 valence electrons. The van der Waals surface area contributed by atoms with E-state index in [1.54, 1.807) is 13.2 Å². The maximum absolute atomic E-state index is 9.65. The first-order chi connectivity index (χ1) is 13.2. The number of rotatable bonds is 6. The van der Waals surface area contributed by atoms with E-state index in [-0.39, 0.29) is 0 Å². The van der Waals surface area contributed by atoms with E-state index < -0.39 is 0 Å². The van der Waals surface area contributed by atoms with Crippen LogP contribution in [-0.2, 0) is 0 Å². The number of aromatic nitrogens is 1. The van der Waals surface area contributed by atoms with E-state index in [0.29, 0.717) is 33.7 Å². The second kappa shape index (κ2) is 8.72. The molecule has 2 aromatic carbocycles. The molecule has 27 heavy (non-hydrogen) atoms. The molecule has 1 heterocycles. The summed E-state index contributed by atoms with van der Waals surface area (Å²) in [5, 5.41) is 12.9. The van der Waals surface area contributed by atoms with Gasteiger partial charge in [-0.25, -0.2) is 4.98 Å². The molecule has 0 spiro atoms. The first-order valence-electron chi connectivity index (χ1n) is 8.29. The summed E-state index contributed by atoms with van der Waals surface area (Å²) in [4.78, 5) is 4.60. The zero-order valence-corrected chi connectivity index (χ0v) is 16.5. The van der Waals surface area contributed by atoms with Crippen molar-refractivity contribution < 1.29 is 9.47 Å². The van der Waals surface area contributed by atoms with E-state index in [9.17, 15) is 5.26 Å². The van der Waals surface area contributed by atoms with Gasteiger partial charge in [-0.05, 0) is 31.2 Å². The molecule has 0 saturated heterocycles. The molecule has 3 aromatic rings. The molecule has 0 saturated carbocycles. The minimum absolute atomic E-state index is 0.465. The number of hydrogen-bond acceptors (Lipinski definition) is 5. The highest BCUT2D eigenvalue weighted by atomic mass is 35.5. The van der Waals surface area contributed by atoms with Crippen molar-refractivity contribution >= 4 is 34.6 Å². The summed E-state index contributed by atoms with van der Waals surface area (Å²) < 4.78 is 11.1. The SMILES string of the molecule is CCOc1cccc(/C=C(/C#N)c2nc(-c3ccc(Cl)cc3)cs2)c1OC. The fourth-order valence-corrected chi connectivity index (χ4v) is 3.50. The Labute approximate surface area is 167 Å². The Kier molecular flexibility index (Phi) is 6.12. The highest BCUT2D eigenvalue weighted by Gasteiger charge is 2.13. The molecule has 0 atom stereocenters. The van der Waals surface area contributed by atoms with Crippen molar-refractivity contribution in [1.29, 1.82) is 5.26 Å². The molecule has 0 aliphatic carbocycles. The number of thiazole rings is 1. The molecule has 6 heteroatoms. The van der Waals surface area contributed by atoms with Crippen molar-refractivity contribution in [3.8, 4) is 28.8 Å². The molecule has 0 bridgehead atoms. The quantitative estimate of drug-likeness (QED) is 0.484. The van der Waals surface area contributed by atoms with E-state index >= 15 is 0 Å². The van der Waals surface area contributed by atoms with Crippen molar-refractivity contribution in [2.45, 2.75) is 6.92 Å². The monoisotopic (exact) mass is 396 g/mol. The molecule has 0 amide bonds. The Hall–Kier alpha value is -2.81. The van der Waals surface area contributed by atoms with Crippen LogP contribution in [0.15, 0.2) is 47.8 Å². The lowest BCUT2D eigenvalue weighted by molar-refractivity contribution is 0.310. The van der Waals surface area contributed by atoms with E-state index in [1.807, 2.05) is 54.8 Å². The average molecular weight is 397 g/mol. The fraction of sp³-hybridized carbons (Fsp3) is 0.143. The van der Waals surface area contributed by atoms with Gasteiger partial charge < -0.3 is 9.47 Å². The normalized spacial score (nSPS) is 11.1. The van der Waals surface area contributed by atoms with Crippen LogP contribution in [0.2, 0.25) is 5.02 Å². The zero-order valence-electron chi connectivity index (χ0n) is 14.9. The molecule has 0 fully saturated rings. The minimum Gasteiger partial charge on any atom is -0.492 e. The van der Waals surface area contributed by atoms with Crippen molar-refractivity contribution in [3.05, 3.63) is 63.4 Å². The van der Waals surface area contributed by atoms with Crippen LogP contribution in [0.4, 0.5) is 0 Å². The molecule has 1 aromatic heterocycles. The van der Waals surface area contributed by atoms with Gasteiger partial charge in [0.1, 0.15) is 11.1 Å². The lowest BCUT2D eigenvalue weighted by Gasteiger charge is -2.11. The summed E-state index contributed by atoms with van der Waals surface area (Å²) in [7, 11) is 1.59. The summed E-state index contributed by atoms with van der Waals surface area (Å²) in [6.07, 6.45) is 1.77. The Bertz CT molecular complexity index is 1000.